The standard InChI is InChI=1S/C11H13ClN2O5S/c12-8-1-2-11(10(5-8)14(16)17)20(18,19)13-6-7-3-9(15)4-7/h1-2,5,7,9,13,15H,3-4,6H2. The summed E-state index contributed by atoms with van der Waals surface area (Å²) < 4.78 is 26.5. The molecule has 0 spiro atoms. The minimum Gasteiger partial charge on any atom is -0.393 e. The number of nitrogens with zero attached hydrogens (tertiary/aromatic N) is 1. The lowest BCUT2D eigenvalue weighted by Crippen LogP contribution is -2.38. The van der Waals surface area contributed by atoms with Crippen molar-refractivity contribution in [3.63, 3.8) is 0 Å². The predicted molar refractivity (Wildman–Crippen MR) is 72.0 cm³/mol. The van der Waals surface area contributed by atoms with Crippen LogP contribution in [-0.2, 0) is 10.0 Å². The summed E-state index contributed by atoms with van der Waals surface area (Å²) in [6.07, 6.45) is 0.686. The summed E-state index contributed by atoms with van der Waals surface area (Å²) in [5, 5.41) is 20.1. The molecule has 0 unspecified atom stereocenters. The molecule has 0 amide bonds. The Hall–Kier alpha value is -1.22. The Balaban J connectivity index is 2.18. The minimum absolute atomic E-state index is 0.0612. The Morgan fingerprint density at radius 3 is 2.65 bits per heavy atom. The van der Waals surface area contributed by atoms with Crippen LogP contribution in [0.25, 0.3) is 0 Å². The summed E-state index contributed by atoms with van der Waals surface area (Å²) in [7, 11) is -3.97. The van der Waals surface area contributed by atoms with Gasteiger partial charge in [-0.1, -0.05) is 11.6 Å². The molecule has 7 nitrogen and oxygen atoms in total. The van der Waals surface area contributed by atoms with Gasteiger partial charge in [0.1, 0.15) is 0 Å². The largest absolute Gasteiger partial charge is 0.393 e. The van der Waals surface area contributed by atoms with Crippen molar-refractivity contribution in [3.8, 4) is 0 Å². The van der Waals surface area contributed by atoms with Gasteiger partial charge in [-0.25, -0.2) is 13.1 Å². The number of nitro benzene ring substituents is 1. The molecule has 1 fully saturated rings. The Kier molecular flexibility index (Phi) is 4.28. The van der Waals surface area contributed by atoms with E-state index in [1.165, 1.54) is 6.07 Å². The monoisotopic (exact) mass is 320 g/mol. The molecule has 110 valence electrons. The second-order valence-corrected chi connectivity index (χ2v) is 6.88. The molecule has 1 aliphatic rings. The molecule has 0 bridgehead atoms. The maximum atomic E-state index is 12.1. The van der Waals surface area contributed by atoms with Crippen molar-refractivity contribution in [3.05, 3.63) is 33.3 Å². The topological polar surface area (TPSA) is 110 Å². The van der Waals surface area contributed by atoms with Gasteiger partial charge in [-0.05, 0) is 30.9 Å². The number of benzene rings is 1. The van der Waals surface area contributed by atoms with Crippen LogP contribution < -0.4 is 4.72 Å². The highest BCUT2D eigenvalue weighted by molar-refractivity contribution is 7.89. The normalized spacial score (nSPS) is 22.3. The summed E-state index contributed by atoms with van der Waals surface area (Å²) >= 11 is 5.64. The van der Waals surface area contributed by atoms with Crippen molar-refractivity contribution in [1.29, 1.82) is 0 Å². The Morgan fingerprint density at radius 2 is 2.10 bits per heavy atom. The van der Waals surface area contributed by atoms with Gasteiger partial charge >= 0.3 is 0 Å². The van der Waals surface area contributed by atoms with E-state index in [-0.39, 0.29) is 23.6 Å². The van der Waals surface area contributed by atoms with Crippen LogP contribution in [0.2, 0.25) is 5.02 Å². The zero-order chi connectivity index (χ0) is 14.9. The first kappa shape index (κ1) is 15.2. The van der Waals surface area contributed by atoms with E-state index < -0.39 is 25.5 Å². The van der Waals surface area contributed by atoms with Gasteiger partial charge in [0.05, 0.1) is 11.0 Å². The average molecular weight is 321 g/mol. The lowest BCUT2D eigenvalue weighted by Gasteiger charge is -2.31. The molecule has 0 radical (unpaired) electrons. The van der Waals surface area contributed by atoms with E-state index in [0.29, 0.717) is 12.8 Å². The molecule has 0 aliphatic heterocycles. The molecule has 1 aromatic carbocycles. The lowest BCUT2D eigenvalue weighted by atomic mass is 9.83. The number of aliphatic hydroxyl groups excluding tert-OH is 1. The van der Waals surface area contributed by atoms with Crippen LogP contribution in [0.3, 0.4) is 0 Å². The van der Waals surface area contributed by atoms with Gasteiger partial charge in [0, 0.05) is 17.6 Å². The first-order valence-corrected chi connectivity index (χ1v) is 7.77. The number of aliphatic hydroxyl groups is 1. The Bertz CT molecular complexity index is 628. The van der Waals surface area contributed by atoms with Crippen LogP contribution in [-0.4, -0.2) is 31.1 Å². The Morgan fingerprint density at radius 1 is 1.45 bits per heavy atom. The number of hydrogen-bond acceptors (Lipinski definition) is 5. The number of rotatable bonds is 5. The fraction of sp³-hybridized carbons (Fsp3) is 0.455. The average Bonchev–Trinajstić information content (AvgIpc) is 2.32. The van der Waals surface area contributed by atoms with Crippen molar-refractivity contribution in [2.75, 3.05) is 6.54 Å². The van der Waals surface area contributed by atoms with Gasteiger partial charge in [0.15, 0.2) is 4.90 Å². The highest BCUT2D eigenvalue weighted by Gasteiger charge is 2.30. The SMILES string of the molecule is O=[N+]([O-])c1cc(Cl)ccc1S(=O)(=O)NCC1CC(O)C1. The first-order chi connectivity index (χ1) is 9.29. The molecule has 1 saturated carbocycles. The molecule has 1 aromatic rings. The van der Waals surface area contributed by atoms with Crippen molar-refractivity contribution in [1.82, 2.24) is 4.72 Å². The van der Waals surface area contributed by atoms with Crippen LogP contribution in [0, 0.1) is 16.0 Å². The molecule has 2 N–H and O–H groups in total. The maximum absolute atomic E-state index is 12.1. The van der Waals surface area contributed by atoms with Crippen LogP contribution in [0.5, 0.6) is 0 Å². The fourth-order valence-corrected chi connectivity index (χ4v) is 3.47. The van der Waals surface area contributed by atoms with Crippen LogP contribution >= 0.6 is 11.6 Å². The molecular formula is C11H13ClN2O5S. The predicted octanol–water partition coefficient (Wildman–Crippen LogP) is 1.30. The zero-order valence-electron chi connectivity index (χ0n) is 10.3. The zero-order valence-corrected chi connectivity index (χ0v) is 11.9. The van der Waals surface area contributed by atoms with Gasteiger partial charge in [0.2, 0.25) is 10.0 Å². The second-order valence-electron chi connectivity index (χ2n) is 4.71. The quantitative estimate of drug-likeness (QED) is 0.627. The van der Waals surface area contributed by atoms with Crippen molar-refractivity contribution < 1.29 is 18.4 Å². The van der Waals surface area contributed by atoms with Gasteiger partial charge in [-0.2, -0.15) is 0 Å². The van der Waals surface area contributed by atoms with Gasteiger partial charge in [0.25, 0.3) is 5.69 Å². The molecule has 0 saturated heterocycles. The molecule has 0 aromatic heterocycles. The van der Waals surface area contributed by atoms with E-state index in [2.05, 4.69) is 4.72 Å². The highest BCUT2D eigenvalue weighted by Crippen LogP contribution is 2.29. The third kappa shape index (κ3) is 3.26. The molecular weight excluding hydrogens is 308 g/mol. The van der Waals surface area contributed by atoms with Gasteiger partial charge in [-0.15, -0.1) is 0 Å². The number of halogens is 1. The third-order valence-corrected chi connectivity index (χ3v) is 4.89. The van der Waals surface area contributed by atoms with E-state index in [1.54, 1.807) is 0 Å². The number of hydrogen-bond donors (Lipinski definition) is 2. The molecule has 1 aliphatic carbocycles. The molecule has 9 heteroatoms. The van der Waals surface area contributed by atoms with Crippen molar-refractivity contribution in [2.45, 2.75) is 23.8 Å². The molecule has 0 atom stereocenters. The summed E-state index contributed by atoms with van der Waals surface area (Å²) in [5.74, 6) is 0.0612. The summed E-state index contributed by atoms with van der Waals surface area (Å²) in [6.45, 7) is 0.152. The number of nitro groups is 1. The Labute approximate surface area is 120 Å². The summed E-state index contributed by atoms with van der Waals surface area (Å²) in [4.78, 5) is 9.70. The van der Waals surface area contributed by atoms with E-state index in [9.17, 15) is 18.5 Å². The van der Waals surface area contributed by atoms with Gasteiger partial charge in [-0.3, -0.25) is 10.1 Å². The van der Waals surface area contributed by atoms with Crippen molar-refractivity contribution in [2.24, 2.45) is 5.92 Å². The molecule has 2 rings (SSSR count). The smallest absolute Gasteiger partial charge is 0.290 e. The van der Waals surface area contributed by atoms with Crippen LogP contribution in [0.1, 0.15) is 12.8 Å². The lowest BCUT2D eigenvalue weighted by molar-refractivity contribution is -0.387. The number of sulfonamides is 1. The van der Waals surface area contributed by atoms with Crippen LogP contribution in [0.4, 0.5) is 5.69 Å². The highest BCUT2D eigenvalue weighted by atomic mass is 35.5. The van der Waals surface area contributed by atoms with E-state index in [4.69, 9.17) is 16.7 Å². The summed E-state index contributed by atoms with van der Waals surface area (Å²) in [6, 6.07) is 3.40. The molecule has 0 heterocycles. The minimum atomic E-state index is -3.97. The maximum Gasteiger partial charge on any atom is 0.290 e. The summed E-state index contributed by atoms with van der Waals surface area (Å²) in [5.41, 5.74) is -0.557. The number of nitrogens with one attached hydrogen (secondary N) is 1. The first-order valence-electron chi connectivity index (χ1n) is 5.91. The van der Waals surface area contributed by atoms with E-state index in [0.717, 1.165) is 12.1 Å². The van der Waals surface area contributed by atoms with E-state index >= 15 is 0 Å². The molecule has 20 heavy (non-hydrogen) atoms. The van der Waals surface area contributed by atoms with E-state index in [1.807, 2.05) is 0 Å². The third-order valence-electron chi connectivity index (χ3n) is 3.18. The van der Waals surface area contributed by atoms with Crippen LogP contribution in [0.15, 0.2) is 23.1 Å². The van der Waals surface area contributed by atoms with Crippen molar-refractivity contribution >= 4 is 27.3 Å². The fourth-order valence-electron chi connectivity index (χ4n) is 2.03. The second kappa shape index (κ2) is 5.65. The van der Waals surface area contributed by atoms with Gasteiger partial charge < -0.3 is 5.11 Å².